The summed E-state index contributed by atoms with van der Waals surface area (Å²) in [4.78, 5) is 1.32. The monoisotopic (exact) mass is 535 g/mol. The first-order valence-corrected chi connectivity index (χ1v) is 14.5. The lowest BCUT2D eigenvalue weighted by Crippen LogP contribution is -2.95. The molecule has 1 atom stereocenters. The van der Waals surface area contributed by atoms with Gasteiger partial charge in [-0.1, -0.05) is 97.1 Å². The third-order valence-electron chi connectivity index (χ3n) is 8.85. The summed E-state index contributed by atoms with van der Waals surface area (Å²) >= 11 is 0. The van der Waals surface area contributed by atoms with Gasteiger partial charge in [-0.15, -0.1) is 0 Å². The van der Waals surface area contributed by atoms with Crippen molar-refractivity contribution in [3.05, 3.63) is 158 Å². The molecule has 2 heteroatoms. The van der Waals surface area contributed by atoms with Crippen LogP contribution in [-0.2, 0) is 0 Å². The lowest BCUT2D eigenvalue weighted by Gasteiger charge is -2.14. The lowest BCUT2D eigenvalue weighted by atomic mass is 9.98. The van der Waals surface area contributed by atoms with E-state index in [1.807, 2.05) is 0 Å². The number of rotatable bonds is 3. The van der Waals surface area contributed by atoms with Gasteiger partial charge in [0, 0.05) is 33.9 Å². The average Bonchev–Trinajstić information content (AvgIpc) is 3.57. The Morgan fingerprint density at radius 1 is 0.405 bits per heavy atom. The Labute approximate surface area is 244 Å². The van der Waals surface area contributed by atoms with Gasteiger partial charge in [-0.05, 0) is 65.0 Å². The number of quaternary nitrogens is 1. The maximum Gasteiger partial charge on any atom is 0.149 e. The van der Waals surface area contributed by atoms with Crippen LogP contribution in [-0.4, -0.2) is 4.57 Å². The van der Waals surface area contributed by atoms with Crippen LogP contribution in [0.25, 0.3) is 60.5 Å². The van der Waals surface area contributed by atoms with Crippen LogP contribution in [0.2, 0.25) is 0 Å². The quantitative estimate of drug-likeness (QED) is 0.231. The Bertz CT molecular complexity index is 2300. The van der Waals surface area contributed by atoms with Crippen LogP contribution >= 0.6 is 0 Å². The molecule has 1 aliphatic rings. The second-order valence-corrected chi connectivity index (χ2v) is 11.1. The van der Waals surface area contributed by atoms with Crippen molar-refractivity contribution in [3.8, 4) is 27.9 Å². The van der Waals surface area contributed by atoms with Crippen LogP contribution < -0.4 is 4.90 Å². The molecule has 0 spiro atoms. The molecule has 0 saturated carbocycles. The number of fused-ring (bicyclic) bond motifs is 7. The molecule has 2 heterocycles. The highest BCUT2D eigenvalue weighted by Crippen LogP contribution is 2.42. The molecule has 42 heavy (non-hydrogen) atoms. The van der Waals surface area contributed by atoms with E-state index < -0.39 is 0 Å². The third kappa shape index (κ3) is 3.36. The number of aromatic nitrogens is 1. The van der Waals surface area contributed by atoms with Crippen molar-refractivity contribution in [2.24, 2.45) is 0 Å². The molecule has 1 unspecified atom stereocenters. The lowest BCUT2D eigenvalue weighted by molar-refractivity contribution is -0.677. The van der Waals surface area contributed by atoms with E-state index in [-0.39, 0.29) is 0 Å². The Morgan fingerprint density at radius 3 is 2.00 bits per heavy atom. The fourth-order valence-corrected chi connectivity index (χ4v) is 6.97. The van der Waals surface area contributed by atoms with Gasteiger partial charge in [0.05, 0.1) is 22.3 Å². The standard InChI is InChI=1S/C40H26N2/c1-2-13-30(14-3-1)41-37-18-8-7-17-33(37)35-25-28(22-24-39(35)41)29-21-23-34-32-16-6-9-19-38(32)42(40(34)26-29)36-20-10-12-27-11-4-5-15-31(27)36/h1-26H/p+1. The minimum atomic E-state index is 1.21. The highest BCUT2D eigenvalue weighted by Gasteiger charge is 2.33. The predicted octanol–water partition coefficient (Wildman–Crippen LogP) is 9.76. The minimum absolute atomic E-state index is 1.21. The Morgan fingerprint density at radius 2 is 1.07 bits per heavy atom. The number of hydrogen-bond donors (Lipinski definition) is 1. The van der Waals surface area contributed by atoms with E-state index >= 15 is 0 Å². The smallest absolute Gasteiger partial charge is 0.149 e. The summed E-state index contributed by atoms with van der Waals surface area (Å²) in [5, 5.41) is 5.05. The van der Waals surface area contributed by atoms with Gasteiger partial charge in [0.2, 0.25) is 0 Å². The number of para-hydroxylation sites is 3. The van der Waals surface area contributed by atoms with Gasteiger partial charge in [-0.2, -0.15) is 0 Å². The second-order valence-electron chi connectivity index (χ2n) is 11.1. The number of nitrogens with one attached hydrogen (secondary N) is 1. The van der Waals surface area contributed by atoms with Gasteiger partial charge >= 0.3 is 0 Å². The van der Waals surface area contributed by atoms with Crippen molar-refractivity contribution in [3.63, 3.8) is 0 Å². The van der Waals surface area contributed by atoms with Crippen molar-refractivity contribution in [2.45, 2.75) is 0 Å². The molecule has 1 aromatic heterocycles. The molecule has 8 aromatic rings. The molecule has 0 amide bonds. The van der Waals surface area contributed by atoms with Gasteiger partial charge in [-0.3, -0.25) is 0 Å². The summed E-state index contributed by atoms with van der Waals surface area (Å²) in [7, 11) is 0. The van der Waals surface area contributed by atoms with E-state index in [0.29, 0.717) is 0 Å². The highest BCUT2D eigenvalue weighted by molar-refractivity contribution is 6.11. The van der Waals surface area contributed by atoms with Crippen molar-refractivity contribution in [1.29, 1.82) is 0 Å². The molecule has 1 N–H and O–H groups in total. The van der Waals surface area contributed by atoms with Crippen LogP contribution in [0, 0.1) is 0 Å². The zero-order valence-electron chi connectivity index (χ0n) is 23.0. The van der Waals surface area contributed by atoms with Gasteiger partial charge in [0.25, 0.3) is 0 Å². The number of nitrogens with zero attached hydrogens (tertiary/aromatic N) is 1. The van der Waals surface area contributed by atoms with Gasteiger partial charge in [0.15, 0.2) is 0 Å². The third-order valence-corrected chi connectivity index (χ3v) is 8.85. The first-order chi connectivity index (χ1) is 20.8. The van der Waals surface area contributed by atoms with Crippen LogP contribution in [0.5, 0.6) is 0 Å². The van der Waals surface area contributed by atoms with E-state index in [4.69, 9.17) is 0 Å². The first kappa shape index (κ1) is 23.3. The van der Waals surface area contributed by atoms with E-state index in [1.165, 1.54) is 82.5 Å². The fourth-order valence-electron chi connectivity index (χ4n) is 6.97. The normalized spacial score (nSPS) is 14.0. The summed E-state index contributed by atoms with van der Waals surface area (Å²) < 4.78 is 2.44. The van der Waals surface area contributed by atoms with Gasteiger partial charge in [0.1, 0.15) is 17.1 Å². The summed E-state index contributed by atoms with van der Waals surface area (Å²) in [5.41, 5.74) is 12.6. The van der Waals surface area contributed by atoms with Crippen LogP contribution in [0.3, 0.4) is 0 Å². The highest BCUT2D eigenvalue weighted by atomic mass is 15.2. The average molecular weight is 536 g/mol. The van der Waals surface area contributed by atoms with E-state index in [1.54, 1.807) is 0 Å². The molecular formula is C40H27N2+. The maximum absolute atomic E-state index is 2.44. The van der Waals surface area contributed by atoms with E-state index in [0.717, 1.165) is 0 Å². The summed E-state index contributed by atoms with van der Waals surface area (Å²) in [6.07, 6.45) is 0. The molecule has 0 radical (unpaired) electrons. The second kappa shape index (κ2) is 9.04. The fraction of sp³-hybridized carbons (Fsp3) is 0. The van der Waals surface area contributed by atoms with Crippen molar-refractivity contribution >= 4 is 49.6 Å². The maximum atomic E-state index is 2.44. The molecular weight excluding hydrogens is 508 g/mol. The van der Waals surface area contributed by atoms with Gasteiger partial charge in [-0.25, -0.2) is 4.90 Å². The van der Waals surface area contributed by atoms with E-state index in [9.17, 15) is 0 Å². The zero-order chi connectivity index (χ0) is 27.6. The molecule has 1 aliphatic heterocycles. The summed E-state index contributed by atoms with van der Waals surface area (Å²) in [6.45, 7) is 0. The van der Waals surface area contributed by atoms with Gasteiger partial charge < -0.3 is 4.57 Å². The molecule has 0 bridgehead atoms. The van der Waals surface area contributed by atoms with Crippen LogP contribution in [0.1, 0.15) is 0 Å². The van der Waals surface area contributed by atoms with Crippen molar-refractivity contribution in [1.82, 2.24) is 4.57 Å². The first-order valence-electron chi connectivity index (χ1n) is 14.5. The molecule has 2 nitrogen and oxygen atoms in total. The Balaban J connectivity index is 1.27. The zero-order valence-corrected chi connectivity index (χ0v) is 23.0. The molecule has 9 rings (SSSR count). The summed E-state index contributed by atoms with van der Waals surface area (Å²) in [5.74, 6) is 0. The van der Waals surface area contributed by atoms with Crippen LogP contribution in [0.15, 0.2) is 158 Å². The molecule has 196 valence electrons. The van der Waals surface area contributed by atoms with Crippen molar-refractivity contribution < 1.29 is 4.90 Å². The molecule has 0 saturated heterocycles. The van der Waals surface area contributed by atoms with E-state index in [2.05, 4.69) is 162 Å². The number of hydrogen-bond acceptors (Lipinski definition) is 0. The topological polar surface area (TPSA) is 9.37 Å². The molecule has 7 aromatic carbocycles. The SMILES string of the molecule is c1ccc([NH+]2c3ccccc3-c3cc(-c4ccc5c6ccccc6n(-c6cccc7ccccc67)c5c4)ccc32)cc1. The minimum Gasteiger partial charge on any atom is -0.309 e. The largest absolute Gasteiger partial charge is 0.309 e. The molecule has 0 aliphatic carbocycles. The molecule has 0 fully saturated rings. The predicted molar refractivity (Wildman–Crippen MR) is 176 cm³/mol. The summed E-state index contributed by atoms with van der Waals surface area (Å²) in [6, 6.07) is 57.6. The Kier molecular flexibility index (Phi) is 5.01. The number of benzene rings is 7. The Hall–Kier alpha value is -5.44. The van der Waals surface area contributed by atoms with Crippen LogP contribution in [0.4, 0.5) is 17.1 Å². The van der Waals surface area contributed by atoms with Crippen molar-refractivity contribution in [2.75, 3.05) is 0 Å².